The van der Waals surface area contributed by atoms with Crippen LogP contribution in [-0.2, 0) is 4.79 Å². The summed E-state index contributed by atoms with van der Waals surface area (Å²) in [6.07, 6.45) is 1.92. The molecule has 1 amide bonds. The summed E-state index contributed by atoms with van der Waals surface area (Å²) in [5.74, 6) is 3.97. The number of carboxylic acid groups (broad SMARTS) is 1. The third-order valence-electron chi connectivity index (χ3n) is 4.80. The molecule has 1 aromatic carbocycles. The van der Waals surface area contributed by atoms with E-state index in [1.165, 1.54) is 9.30 Å². The number of likely N-dealkylation sites (N-methyl/N-ethyl adjacent to an activating group) is 1. The molecule has 1 unspecified atom stereocenters. The van der Waals surface area contributed by atoms with Crippen LogP contribution < -0.4 is 0 Å². The quantitative estimate of drug-likeness (QED) is 0.664. The van der Waals surface area contributed by atoms with Gasteiger partial charge in [0.25, 0.3) is 5.91 Å². The van der Waals surface area contributed by atoms with E-state index in [1.54, 1.807) is 43.6 Å². The largest absolute Gasteiger partial charge is 0.475 e. The van der Waals surface area contributed by atoms with E-state index >= 15 is 0 Å². The maximum Gasteiger partial charge on any atom is 0.372 e. The number of carbonyl (C=O) groups is 2. The Morgan fingerprint density at radius 2 is 2.07 bits per heavy atom. The molecule has 3 aromatic rings. The number of hydrogen-bond donors (Lipinski definition) is 2. The summed E-state index contributed by atoms with van der Waals surface area (Å²) in [6.45, 7) is 0.461. The van der Waals surface area contributed by atoms with Crippen LogP contribution in [-0.4, -0.2) is 55.6 Å². The number of rotatable bonds is 2. The molecule has 3 heterocycles. The van der Waals surface area contributed by atoms with Gasteiger partial charge in [0.05, 0.1) is 11.2 Å². The molecule has 1 atom stereocenters. The molecular formula is C21H17N3O4. The zero-order valence-corrected chi connectivity index (χ0v) is 15.1. The zero-order valence-electron chi connectivity index (χ0n) is 15.1. The van der Waals surface area contributed by atoms with Crippen LogP contribution in [0.25, 0.3) is 16.8 Å². The minimum absolute atomic E-state index is 0.0732. The predicted octanol–water partition coefficient (Wildman–Crippen LogP) is 1.64. The first-order valence-electron chi connectivity index (χ1n) is 8.71. The standard InChI is InChI=1S/C21H17N3O4/c1-23-12-10-21(28,20(23)27)9-8-14-5-4-6-15(13-14)17-16-7-2-3-11-24(16)18(22-17)19(25)26/h2-7,11,13,28H,10,12H2,1H3,(H,25,26). The molecule has 1 aliphatic rings. The van der Waals surface area contributed by atoms with Gasteiger partial charge in [-0.05, 0) is 24.3 Å². The lowest BCUT2D eigenvalue weighted by Gasteiger charge is -2.13. The van der Waals surface area contributed by atoms with Gasteiger partial charge in [-0.2, -0.15) is 0 Å². The molecule has 2 aromatic heterocycles. The fourth-order valence-electron chi connectivity index (χ4n) is 3.29. The van der Waals surface area contributed by atoms with E-state index in [4.69, 9.17) is 0 Å². The fraction of sp³-hybridized carbons (Fsp3) is 0.190. The Balaban J connectivity index is 1.76. The first kappa shape index (κ1) is 17.8. The lowest BCUT2D eigenvalue weighted by Crippen LogP contribution is -2.37. The number of carbonyl (C=O) groups excluding carboxylic acids is 1. The molecule has 2 N–H and O–H groups in total. The average Bonchev–Trinajstić information content (AvgIpc) is 3.21. The number of amides is 1. The van der Waals surface area contributed by atoms with Crippen molar-refractivity contribution in [3.8, 4) is 23.1 Å². The molecule has 4 rings (SSSR count). The van der Waals surface area contributed by atoms with Gasteiger partial charge in [-0.3, -0.25) is 9.20 Å². The van der Waals surface area contributed by atoms with Crippen molar-refractivity contribution in [2.45, 2.75) is 12.0 Å². The highest BCUT2D eigenvalue weighted by Crippen LogP contribution is 2.26. The number of aromatic nitrogens is 2. The van der Waals surface area contributed by atoms with Crippen LogP contribution in [0.15, 0.2) is 48.7 Å². The summed E-state index contributed by atoms with van der Waals surface area (Å²) in [7, 11) is 1.63. The second kappa shape index (κ2) is 6.51. The molecule has 1 aliphatic heterocycles. The highest BCUT2D eigenvalue weighted by molar-refractivity contribution is 5.91. The Labute approximate surface area is 160 Å². The van der Waals surface area contributed by atoms with E-state index in [1.807, 2.05) is 12.1 Å². The monoisotopic (exact) mass is 375 g/mol. The van der Waals surface area contributed by atoms with Crippen molar-refractivity contribution < 1.29 is 19.8 Å². The van der Waals surface area contributed by atoms with Crippen LogP contribution in [0.3, 0.4) is 0 Å². The minimum Gasteiger partial charge on any atom is -0.475 e. The number of nitrogens with zero attached hydrogens (tertiary/aromatic N) is 3. The van der Waals surface area contributed by atoms with Crippen molar-refractivity contribution in [1.29, 1.82) is 0 Å². The molecular weight excluding hydrogens is 358 g/mol. The summed E-state index contributed by atoms with van der Waals surface area (Å²) >= 11 is 0. The molecule has 0 bridgehead atoms. The number of aromatic carboxylic acids is 1. The van der Waals surface area contributed by atoms with Gasteiger partial charge in [-0.15, -0.1) is 0 Å². The van der Waals surface area contributed by atoms with Crippen molar-refractivity contribution in [2.24, 2.45) is 0 Å². The Morgan fingerprint density at radius 1 is 1.25 bits per heavy atom. The lowest BCUT2D eigenvalue weighted by molar-refractivity contribution is -0.137. The summed E-state index contributed by atoms with van der Waals surface area (Å²) < 4.78 is 1.52. The van der Waals surface area contributed by atoms with Crippen LogP contribution in [0, 0.1) is 11.8 Å². The van der Waals surface area contributed by atoms with E-state index in [2.05, 4.69) is 16.8 Å². The van der Waals surface area contributed by atoms with Crippen molar-refractivity contribution in [1.82, 2.24) is 14.3 Å². The van der Waals surface area contributed by atoms with E-state index in [-0.39, 0.29) is 12.2 Å². The van der Waals surface area contributed by atoms with Crippen LogP contribution in [0.1, 0.15) is 22.6 Å². The molecule has 1 fully saturated rings. The number of aliphatic hydroxyl groups is 1. The van der Waals surface area contributed by atoms with Crippen LogP contribution in [0.5, 0.6) is 0 Å². The van der Waals surface area contributed by atoms with E-state index in [0.717, 1.165) is 0 Å². The smallest absolute Gasteiger partial charge is 0.372 e. The van der Waals surface area contributed by atoms with Gasteiger partial charge in [0.15, 0.2) is 0 Å². The molecule has 0 saturated carbocycles. The van der Waals surface area contributed by atoms with Gasteiger partial charge >= 0.3 is 5.97 Å². The SMILES string of the molecule is CN1CCC(O)(C#Cc2cccc(-c3nc(C(=O)O)n4ccccc34)c2)C1=O. The average molecular weight is 375 g/mol. The minimum atomic E-state index is -1.66. The zero-order chi connectivity index (χ0) is 19.9. The molecule has 140 valence electrons. The van der Waals surface area contributed by atoms with Gasteiger partial charge in [-0.25, -0.2) is 9.78 Å². The van der Waals surface area contributed by atoms with E-state index < -0.39 is 17.5 Å². The number of benzene rings is 1. The van der Waals surface area contributed by atoms with Crippen molar-refractivity contribution in [3.63, 3.8) is 0 Å². The van der Waals surface area contributed by atoms with E-state index in [9.17, 15) is 19.8 Å². The number of likely N-dealkylation sites (tertiary alicyclic amines) is 1. The normalized spacial score (nSPS) is 18.9. The molecule has 0 aliphatic carbocycles. The van der Waals surface area contributed by atoms with Gasteiger partial charge in [0.1, 0.15) is 0 Å². The van der Waals surface area contributed by atoms with Gasteiger partial charge in [0.2, 0.25) is 11.4 Å². The third-order valence-corrected chi connectivity index (χ3v) is 4.80. The highest BCUT2D eigenvalue weighted by Gasteiger charge is 2.42. The van der Waals surface area contributed by atoms with Crippen molar-refractivity contribution in [3.05, 3.63) is 60.0 Å². The fourth-order valence-corrected chi connectivity index (χ4v) is 3.29. The lowest BCUT2D eigenvalue weighted by atomic mass is 10.0. The Hall–Kier alpha value is -3.63. The Morgan fingerprint density at radius 3 is 2.79 bits per heavy atom. The first-order valence-corrected chi connectivity index (χ1v) is 8.71. The number of imidazole rings is 1. The number of fused-ring (bicyclic) bond motifs is 1. The first-order chi connectivity index (χ1) is 13.4. The highest BCUT2D eigenvalue weighted by atomic mass is 16.4. The summed E-state index contributed by atoms with van der Waals surface area (Å²) in [6, 6.07) is 12.5. The maximum atomic E-state index is 12.1. The summed E-state index contributed by atoms with van der Waals surface area (Å²) in [5, 5.41) is 19.8. The second-order valence-corrected chi connectivity index (χ2v) is 6.71. The van der Waals surface area contributed by atoms with Crippen molar-refractivity contribution >= 4 is 17.4 Å². The molecule has 0 spiro atoms. The predicted molar refractivity (Wildman–Crippen MR) is 102 cm³/mol. The Kier molecular flexibility index (Phi) is 4.13. The third kappa shape index (κ3) is 2.90. The molecule has 1 saturated heterocycles. The molecule has 28 heavy (non-hydrogen) atoms. The van der Waals surface area contributed by atoms with Gasteiger partial charge in [0, 0.05) is 37.3 Å². The Bertz CT molecular complexity index is 1170. The van der Waals surface area contributed by atoms with Gasteiger partial charge < -0.3 is 15.1 Å². The van der Waals surface area contributed by atoms with Crippen LogP contribution in [0.2, 0.25) is 0 Å². The number of carboxylic acids is 1. The number of pyridine rings is 1. The molecule has 7 nitrogen and oxygen atoms in total. The molecule has 7 heteroatoms. The van der Waals surface area contributed by atoms with Crippen molar-refractivity contribution in [2.75, 3.05) is 13.6 Å². The summed E-state index contributed by atoms with van der Waals surface area (Å²) in [4.78, 5) is 29.3. The number of hydrogen-bond acceptors (Lipinski definition) is 4. The van der Waals surface area contributed by atoms with E-state index in [0.29, 0.717) is 28.9 Å². The maximum absolute atomic E-state index is 12.1. The van der Waals surface area contributed by atoms with Gasteiger partial charge in [-0.1, -0.05) is 30.0 Å². The van der Waals surface area contributed by atoms with Crippen LogP contribution in [0.4, 0.5) is 0 Å². The summed E-state index contributed by atoms with van der Waals surface area (Å²) in [5.41, 5.74) is 0.822. The van der Waals surface area contributed by atoms with Crippen LogP contribution >= 0.6 is 0 Å². The molecule has 0 radical (unpaired) electrons. The topological polar surface area (TPSA) is 95.1 Å². The second-order valence-electron chi connectivity index (χ2n) is 6.71.